The molecular weight excluding hydrogens is 432 g/mol. The van der Waals surface area contributed by atoms with Crippen molar-refractivity contribution in [3.63, 3.8) is 0 Å². The molecule has 33 heavy (non-hydrogen) atoms. The van der Waals surface area contributed by atoms with Crippen molar-refractivity contribution in [3.05, 3.63) is 59.9 Å². The molecule has 0 bridgehead atoms. The minimum absolute atomic E-state index is 0.0421. The Bertz CT molecular complexity index is 1100. The summed E-state index contributed by atoms with van der Waals surface area (Å²) in [6.07, 6.45) is 8.34. The largest absolute Gasteiger partial charge is 0.353 e. The van der Waals surface area contributed by atoms with Crippen molar-refractivity contribution in [1.29, 1.82) is 0 Å². The summed E-state index contributed by atoms with van der Waals surface area (Å²) in [6.45, 7) is 0.338. The number of hydrogen-bond acceptors (Lipinski definition) is 4. The van der Waals surface area contributed by atoms with E-state index in [1.807, 2.05) is 54.1 Å². The van der Waals surface area contributed by atoms with Crippen LogP contribution in [-0.2, 0) is 18.4 Å². The zero-order valence-electron chi connectivity index (χ0n) is 19.2. The van der Waals surface area contributed by atoms with Gasteiger partial charge in [0.1, 0.15) is 5.82 Å². The number of aryl methyl sites for hydroxylation is 1. The van der Waals surface area contributed by atoms with E-state index in [-0.39, 0.29) is 17.9 Å². The highest BCUT2D eigenvalue weighted by Crippen LogP contribution is 2.23. The maximum Gasteiger partial charge on any atom is 0.252 e. The Hall–Kier alpha value is -2.80. The van der Waals surface area contributed by atoms with Crippen LogP contribution < -0.4 is 10.6 Å². The lowest BCUT2D eigenvalue weighted by molar-refractivity contribution is -0.119. The van der Waals surface area contributed by atoms with Crippen LogP contribution in [0.15, 0.2) is 53.4 Å². The molecule has 0 radical (unpaired) electrons. The smallest absolute Gasteiger partial charge is 0.252 e. The zero-order chi connectivity index (χ0) is 23.0. The number of hydrogen-bond donors (Lipinski definition) is 2. The molecule has 3 aromatic rings. The summed E-state index contributed by atoms with van der Waals surface area (Å²) in [5.41, 5.74) is 2.53. The van der Waals surface area contributed by atoms with Crippen LogP contribution in [0.1, 0.15) is 61.1 Å². The Morgan fingerprint density at radius 2 is 1.70 bits per heavy atom. The lowest BCUT2D eigenvalue weighted by Gasteiger charge is -2.21. The van der Waals surface area contributed by atoms with E-state index in [1.165, 1.54) is 43.9 Å². The molecule has 1 fully saturated rings. The lowest BCUT2D eigenvalue weighted by atomic mass is 9.97. The summed E-state index contributed by atoms with van der Waals surface area (Å²) in [5, 5.41) is 6.19. The maximum absolute atomic E-state index is 12.9. The van der Waals surface area contributed by atoms with Crippen LogP contribution in [0, 0.1) is 0 Å². The average Bonchev–Trinajstić information content (AvgIpc) is 3.13. The van der Waals surface area contributed by atoms with Crippen molar-refractivity contribution in [3.8, 4) is 0 Å². The van der Waals surface area contributed by atoms with Gasteiger partial charge in [-0.3, -0.25) is 9.59 Å². The first-order valence-electron chi connectivity index (χ1n) is 11.8. The second-order valence-corrected chi connectivity index (χ2v) is 9.67. The topological polar surface area (TPSA) is 76.0 Å². The minimum atomic E-state index is -0.161. The Morgan fingerprint density at radius 1 is 1.00 bits per heavy atom. The summed E-state index contributed by atoms with van der Waals surface area (Å²) in [6, 6.07) is 15.7. The van der Waals surface area contributed by atoms with Gasteiger partial charge in [-0.2, -0.15) is 0 Å². The standard InChI is InChI=1S/C26H32N4O2S/c1-30-22-15-9-8-14-21(22)29-24(30)17-27-26(32)20-13-7-10-16-23(20)33-18-25(31)28-19-11-5-3-2-4-6-12-19/h7-10,13-16,19H,2-6,11-12,17-18H2,1H3,(H,27,32)(H,28,31). The number of carbonyl (C=O) groups is 2. The van der Waals surface area contributed by atoms with Crippen LogP contribution in [0.3, 0.4) is 0 Å². The first-order valence-corrected chi connectivity index (χ1v) is 12.8. The fourth-order valence-corrected chi connectivity index (χ4v) is 5.26. The van der Waals surface area contributed by atoms with E-state index >= 15 is 0 Å². The molecule has 0 spiro atoms. The molecule has 7 heteroatoms. The second-order valence-electron chi connectivity index (χ2n) is 8.65. The highest BCUT2D eigenvalue weighted by Gasteiger charge is 2.17. The third-order valence-corrected chi connectivity index (χ3v) is 7.32. The van der Waals surface area contributed by atoms with E-state index in [0.29, 0.717) is 17.9 Å². The number of fused-ring (bicyclic) bond motifs is 1. The molecular formula is C26H32N4O2S. The molecule has 0 atom stereocenters. The Morgan fingerprint density at radius 3 is 2.48 bits per heavy atom. The number of nitrogens with zero attached hydrogens (tertiary/aromatic N) is 2. The van der Waals surface area contributed by atoms with Gasteiger partial charge >= 0.3 is 0 Å². The van der Waals surface area contributed by atoms with Gasteiger partial charge in [0.05, 0.1) is 28.9 Å². The van der Waals surface area contributed by atoms with Crippen LogP contribution in [0.2, 0.25) is 0 Å². The number of para-hydroxylation sites is 2. The number of imidazole rings is 1. The number of benzene rings is 2. The number of amides is 2. The van der Waals surface area contributed by atoms with Gasteiger partial charge in [0.15, 0.2) is 0 Å². The highest BCUT2D eigenvalue weighted by molar-refractivity contribution is 8.00. The third kappa shape index (κ3) is 6.16. The van der Waals surface area contributed by atoms with Crippen molar-refractivity contribution < 1.29 is 9.59 Å². The molecule has 2 amide bonds. The van der Waals surface area contributed by atoms with Gasteiger partial charge in [-0.15, -0.1) is 11.8 Å². The molecule has 1 aliphatic carbocycles. The van der Waals surface area contributed by atoms with E-state index in [4.69, 9.17) is 0 Å². The Kier molecular flexibility index (Phi) is 8.05. The van der Waals surface area contributed by atoms with Gasteiger partial charge in [-0.25, -0.2) is 4.98 Å². The lowest BCUT2D eigenvalue weighted by Crippen LogP contribution is -2.36. The first-order chi connectivity index (χ1) is 16.1. The Labute approximate surface area is 199 Å². The van der Waals surface area contributed by atoms with Crippen molar-refractivity contribution in [2.45, 2.75) is 62.4 Å². The van der Waals surface area contributed by atoms with E-state index in [0.717, 1.165) is 34.6 Å². The molecule has 174 valence electrons. The van der Waals surface area contributed by atoms with Crippen LogP contribution in [0.4, 0.5) is 0 Å². The molecule has 2 aromatic carbocycles. The van der Waals surface area contributed by atoms with Crippen molar-refractivity contribution in [2.24, 2.45) is 7.05 Å². The molecule has 6 nitrogen and oxygen atoms in total. The van der Waals surface area contributed by atoms with E-state index < -0.39 is 0 Å². The maximum atomic E-state index is 12.9. The summed E-state index contributed by atoms with van der Waals surface area (Å²) in [5.74, 6) is 0.991. The number of carbonyl (C=O) groups excluding carboxylic acids is 2. The first kappa shape index (κ1) is 23.4. The molecule has 0 aliphatic heterocycles. The fourth-order valence-electron chi connectivity index (χ4n) is 4.40. The molecule has 1 saturated carbocycles. The van der Waals surface area contributed by atoms with Crippen molar-refractivity contribution in [1.82, 2.24) is 20.2 Å². The van der Waals surface area contributed by atoms with Gasteiger partial charge in [-0.1, -0.05) is 56.4 Å². The van der Waals surface area contributed by atoms with E-state index in [2.05, 4.69) is 15.6 Å². The quantitative estimate of drug-likeness (QED) is 0.491. The predicted octanol–water partition coefficient (Wildman–Crippen LogP) is 4.82. The highest BCUT2D eigenvalue weighted by atomic mass is 32.2. The van der Waals surface area contributed by atoms with Crippen LogP contribution in [0.5, 0.6) is 0 Å². The van der Waals surface area contributed by atoms with Crippen LogP contribution >= 0.6 is 11.8 Å². The normalized spacial score (nSPS) is 15.1. The molecule has 1 aliphatic rings. The monoisotopic (exact) mass is 464 g/mol. The fraction of sp³-hybridized carbons (Fsp3) is 0.423. The van der Waals surface area contributed by atoms with Gasteiger partial charge in [0.25, 0.3) is 5.91 Å². The van der Waals surface area contributed by atoms with Gasteiger partial charge in [0, 0.05) is 18.0 Å². The van der Waals surface area contributed by atoms with Gasteiger partial charge < -0.3 is 15.2 Å². The Balaban J connectivity index is 1.33. The molecule has 0 unspecified atom stereocenters. The summed E-state index contributed by atoms with van der Waals surface area (Å²) in [7, 11) is 1.95. The van der Waals surface area contributed by atoms with Gasteiger partial charge in [-0.05, 0) is 37.1 Å². The summed E-state index contributed by atoms with van der Waals surface area (Å²) < 4.78 is 2.00. The number of nitrogens with one attached hydrogen (secondary N) is 2. The minimum Gasteiger partial charge on any atom is -0.353 e. The molecule has 4 rings (SSSR count). The summed E-state index contributed by atoms with van der Waals surface area (Å²) >= 11 is 1.42. The summed E-state index contributed by atoms with van der Waals surface area (Å²) in [4.78, 5) is 30.9. The number of thioether (sulfide) groups is 1. The molecule has 0 saturated heterocycles. The number of rotatable bonds is 7. The number of aromatic nitrogens is 2. The second kappa shape index (κ2) is 11.4. The third-order valence-electron chi connectivity index (χ3n) is 6.25. The molecule has 1 heterocycles. The van der Waals surface area contributed by atoms with E-state index in [1.54, 1.807) is 6.07 Å². The van der Waals surface area contributed by atoms with Crippen LogP contribution in [0.25, 0.3) is 11.0 Å². The van der Waals surface area contributed by atoms with Crippen molar-refractivity contribution >= 4 is 34.6 Å². The molecule has 2 N–H and O–H groups in total. The predicted molar refractivity (Wildman–Crippen MR) is 133 cm³/mol. The average molecular weight is 465 g/mol. The SMILES string of the molecule is Cn1c(CNC(=O)c2ccccc2SCC(=O)NC2CCCCCCC2)nc2ccccc21. The van der Waals surface area contributed by atoms with Crippen LogP contribution in [-0.4, -0.2) is 33.2 Å². The van der Waals surface area contributed by atoms with Crippen molar-refractivity contribution in [2.75, 3.05) is 5.75 Å². The molecule has 1 aromatic heterocycles. The zero-order valence-corrected chi connectivity index (χ0v) is 20.0. The van der Waals surface area contributed by atoms with Gasteiger partial charge in [0.2, 0.25) is 5.91 Å². The van der Waals surface area contributed by atoms with E-state index in [9.17, 15) is 9.59 Å².